The van der Waals surface area contributed by atoms with Gasteiger partial charge in [-0.3, -0.25) is 9.59 Å². The Morgan fingerprint density at radius 2 is 1.65 bits per heavy atom. The molecule has 0 bridgehead atoms. The fourth-order valence-electron chi connectivity index (χ4n) is 3.27. The fourth-order valence-corrected chi connectivity index (χ4v) is 3.27. The van der Waals surface area contributed by atoms with Gasteiger partial charge < -0.3 is 25.4 Å². The van der Waals surface area contributed by atoms with Gasteiger partial charge in [-0.1, -0.05) is 36.4 Å². The smallest absolute Gasteiger partial charge is 0.251 e. The molecule has 0 saturated heterocycles. The fraction of sp³-hybridized carbons (Fsp3) is 0.259. The van der Waals surface area contributed by atoms with Crippen LogP contribution in [0.15, 0.2) is 78.9 Å². The second-order valence-corrected chi connectivity index (χ2v) is 7.69. The summed E-state index contributed by atoms with van der Waals surface area (Å²) in [5.74, 6) is 0.371. The second-order valence-electron chi connectivity index (χ2n) is 7.69. The highest BCUT2D eigenvalue weighted by atomic mass is 16.5. The van der Waals surface area contributed by atoms with E-state index >= 15 is 0 Å². The Labute approximate surface area is 200 Å². The zero-order valence-corrected chi connectivity index (χ0v) is 19.4. The molecule has 0 saturated carbocycles. The van der Waals surface area contributed by atoms with E-state index in [0.29, 0.717) is 31.0 Å². The molecule has 0 atom stereocenters. The summed E-state index contributed by atoms with van der Waals surface area (Å²) >= 11 is 0. The average molecular weight is 462 g/mol. The Bertz CT molecular complexity index is 1040. The summed E-state index contributed by atoms with van der Waals surface area (Å²) in [5.41, 5.74) is 3.16. The van der Waals surface area contributed by atoms with Crippen LogP contribution < -0.4 is 20.7 Å². The number of hydrogen-bond acceptors (Lipinski definition) is 5. The van der Waals surface area contributed by atoms with Crippen molar-refractivity contribution < 1.29 is 19.1 Å². The van der Waals surface area contributed by atoms with Gasteiger partial charge in [0.25, 0.3) is 5.91 Å². The van der Waals surface area contributed by atoms with Crippen molar-refractivity contribution in [2.45, 2.75) is 12.8 Å². The van der Waals surface area contributed by atoms with Crippen molar-refractivity contribution in [2.24, 2.45) is 0 Å². The Balaban J connectivity index is 1.38. The Morgan fingerprint density at radius 1 is 0.853 bits per heavy atom. The van der Waals surface area contributed by atoms with Crippen molar-refractivity contribution in [3.8, 4) is 5.75 Å². The molecule has 0 spiro atoms. The number of hydrogen-bond donors (Lipinski definition) is 3. The molecule has 0 aromatic heterocycles. The van der Waals surface area contributed by atoms with E-state index in [4.69, 9.17) is 9.47 Å². The molecule has 2 amide bonds. The number of anilines is 2. The molecule has 3 aromatic rings. The molecule has 3 aromatic carbocycles. The molecule has 0 radical (unpaired) electrons. The molecular weight excluding hydrogens is 430 g/mol. The maximum atomic E-state index is 12.3. The highest BCUT2D eigenvalue weighted by molar-refractivity contribution is 5.98. The van der Waals surface area contributed by atoms with Crippen LogP contribution in [0.2, 0.25) is 0 Å². The van der Waals surface area contributed by atoms with E-state index in [0.717, 1.165) is 24.3 Å². The molecule has 0 heterocycles. The number of rotatable bonds is 13. The Morgan fingerprint density at radius 3 is 2.41 bits per heavy atom. The number of nitrogens with one attached hydrogen (secondary N) is 3. The first-order valence-corrected chi connectivity index (χ1v) is 11.3. The minimum absolute atomic E-state index is 0.0988. The van der Waals surface area contributed by atoms with Crippen molar-refractivity contribution >= 4 is 23.2 Å². The summed E-state index contributed by atoms with van der Waals surface area (Å²) in [4.78, 5) is 24.5. The van der Waals surface area contributed by atoms with Gasteiger partial charge in [0.05, 0.1) is 19.8 Å². The van der Waals surface area contributed by atoms with E-state index in [1.165, 1.54) is 5.56 Å². The molecule has 7 nitrogen and oxygen atoms in total. The Hall–Kier alpha value is -3.84. The van der Waals surface area contributed by atoms with E-state index in [9.17, 15) is 9.59 Å². The lowest BCUT2D eigenvalue weighted by atomic mass is 10.1. The van der Waals surface area contributed by atoms with Gasteiger partial charge in [-0.25, -0.2) is 0 Å². The SMILES string of the molecule is COCCNC(=O)c1cccc(NC(=O)CNc2ccc(OCCCc3ccccc3)cc2)c1. The van der Waals surface area contributed by atoms with Crippen LogP contribution >= 0.6 is 0 Å². The number of carbonyl (C=O) groups excluding carboxylic acids is 2. The van der Waals surface area contributed by atoms with Crippen LogP contribution in [0.1, 0.15) is 22.3 Å². The minimum atomic E-state index is -0.214. The van der Waals surface area contributed by atoms with Crippen LogP contribution in [-0.4, -0.2) is 45.2 Å². The van der Waals surface area contributed by atoms with Crippen LogP contribution in [0, 0.1) is 0 Å². The third-order valence-corrected chi connectivity index (χ3v) is 5.03. The normalized spacial score (nSPS) is 10.4. The summed E-state index contributed by atoms with van der Waals surface area (Å²) in [6.07, 6.45) is 1.93. The minimum Gasteiger partial charge on any atom is -0.494 e. The third kappa shape index (κ3) is 8.60. The lowest BCUT2D eigenvalue weighted by molar-refractivity contribution is -0.114. The van der Waals surface area contributed by atoms with Crippen LogP contribution in [0.4, 0.5) is 11.4 Å². The van der Waals surface area contributed by atoms with E-state index in [2.05, 4.69) is 28.1 Å². The number of amides is 2. The summed E-state index contributed by atoms with van der Waals surface area (Å²) in [7, 11) is 1.58. The van der Waals surface area contributed by atoms with Crippen molar-refractivity contribution in [3.05, 3.63) is 90.0 Å². The van der Waals surface area contributed by atoms with Crippen molar-refractivity contribution in [2.75, 3.05) is 44.0 Å². The van der Waals surface area contributed by atoms with E-state index < -0.39 is 0 Å². The van der Waals surface area contributed by atoms with E-state index in [1.807, 2.05) is 42.5 Å². The molecule has 0 aliphatic carbocycles. The number of carbonyl (C=O) groups is 2. The largest absolute Gasteiger partial charge is 0.494 e. The monoisotopic (exact) mass is 461 g/mol. The van der Waals surface area contributed by atoms with Crippen molar-refractivity contribution in [1.29, 1.82) is 0 Å². The zero-order chi connectivity index (χ0) is 24.0. The molecule has 34 heavy (non-hydrogen) atoms. The van der Waals surface area contributed by atoms with Gasteiger partial charge in [-0.2, -0.15) is 0 Å². The number of aryl methyl sites for hydroxylation is 1. The molecule has 0 aliphatic rings. The quantitative estimate of drug-likeness (QED) is 0.333. The van der Waals surface area contributed by atoms with Gasteiger partial charge in [0, 0.05) is 30.6 Å². The van der Waals surface area contributed by atoms with Gasteiger partial charge in [-0.05, 0) is 60.9 Å². The first-order valence-electron chi connectivity index (χ1n) is 11.3. The van der Waals surface area contributed by atoms with Crippen LogP contribution in [0.3, 0.4) is 0 Å². The molecule has 0 unspecified atom stereocenters. The van der Waals surface area contributed by atoms with Crippen LogP contribution in [-0.2, 0) is 16.0 Å². The summed E-state index contributed by atoms with van der Waals surface area (Å²) in [5, 5.41) is 8.65. The maximum absolute atomic E-state index is 12.3. The predicted molar refractivity (Wildman–Crippen MR) is 134 cm³/mol. The van der Waals surface area contributed by atoms with E-state index in [1.54, 1.807) is 31.4 Å². The summed E-state index contributed by atoms with van der Waals surface area (Å²) in [6, 6.07) is 24.7. The zero-order valence-electron chi connectivity index (χ0n) is 19.4. The van der Waals surface area contributed by atoms with Gasteiger partial charge in [0.15, 0.2) is 0 Å². The second kappa shape index (κ2) is 13.6. The number of methoxy groups -OCH3 is 1. The molecule has 3 rings (SSSR count). The highest BCUT2D eigenvalue weighted by Gasteiger charge is 2.08. The molecule has 0 fully saturated rings. The topological polar surface area (TPSA) is 88.7 Å². The van der Waals surface area contributed by atoms with Crippen LogP contribution in [0.5, 0.6) is 5.75 Å². The maximum Gasteiger partial charge on any atom is 0.251 e. The lowest BCUT2D eigenvalue weighted by Crippen LogP contribution is -2.27. The number of ether oxygens (including phenoxy) is 2. The first kappa shape index (κ1) is 24.8. The van der Waals surface area contributed by atoms with Gasteiger partial charge in [0.1, 0.15) is 5.75 Å². The molecule has 3 N–H and O–H groups in total. The van der Waals surface area contributed by atoms with Crippen molar-refractivity contribution in [3.63, 3.8) is 0 Å². The highest BCUT2D eigenvalue weighted by Crippen LogP contribution is 2.16. The third-order valence-electron chi connectivity index (χ3n) is 5.03. The predicted octanol–water partition coefficient (Wildman–Crippen LogP) is 4.13. The average Bonchev–Trinajstić information content (AvgIpc) is 2.87. The molecular formula is C27H31N3O4. The van der Waals surface area contributed by atoms with Gasteiger partial charge in [-0.15, -0.1) is 0 Å². The van der Waals surface area contributed by atoms with Gasteiger partial charge in [0.2, 0.25) is 5.91 Å². The first-order chi connectivity index (χ1) is 16.6. The van der Waals surface area contributed by atoms with Gasteiger partial charge >= 0.3 is 0 Å². The van der Waals surface area contributed by atoms with Crippen LogP contribution in [0.25, 0.3) is 0 Å². The number of benzene rings is 3. The summed E-state index contributed by atoms with van der Waals surface area (Å²) < 4.78 is 10.7. The lowest BCUT2D eigenvalue weighted by Gasteiger charge is -2.10. The molecule has 0 aliphatic heterocycles. The Kier molecular flexibility index (Phi) is 9.95. The standard InChI is InChI=1S/C27H31N3O4/c1-33-18-16-28-27(32)22-10-5-11-24(19-22)30-26(31)20-29-23-12-14-25(15-13-23)34-17-6-9-21-7-3-2-4-8-21/h2-5,7-8,10-15,19,29H,6,9,16-18,20H2,1H3,(H,28,32)(H,30,31). The molecule has 7 heteroatoms. The summed E-state index contributed by atoms with van der Waals surface area (Å²) in [6.45, 7) is 1.61. The van der Waals surface area contributed by atoms with Crippen molar-refractivity contribution in [1.82, 2.24) is 5.32 Å². The van der Waals surface area contributed by atoms with E-state index in [-0.39, 0.29) is 18.4 Å². The molecule has 178 valence electrons.